The number of rotatable bonds is 17. The van der Waals surface area contributed by atoms with Crippen molar-refractivity contribution in [1.29, 1.82) is 0 Å². The highest BCUT2D eigenvalue weighted by Crippen LogP contribution is 2.44. The fourth-order valence-electron chi connectivity index (χ4n) is 7.50. The number of nitrogens with zero attached hydrogens (tertiary/aromatic N) is 3. The lowest BCUT2D eigenvalue weighted by molar-refractivity contribution is -0.142. The Hall–Kier alpha value is -3.10. The molecule has 8 heteroatoms. The molecule has 0 spiro atoms. The van der Waals surface area contributed by atoms with Crippen LogP contribution in [0.4, 0.5) is 11.4 Å². The van der Waals surface area contributed by atoms with Crippen molar-refractivity contribution in [2.45, 2.75) is 103 Å². The molecule has 0 bridgehead atoms. The van der Waals surface area contributed by atoms with E-state index in [9.17, 15) is 14.7 Å². The van der Waals surface area contributed by atoms with Gasteiger partial charge in [0.1, 0.15) is 5.75 Å². The molecular weight excluding hydrogens is 607 g/mol. The number of aliphatic carboxylic acids is 1. The zero-order valence-corrected chi connectivity index (χ0v) is 29.8. The summed E-state index contributed by atoms with van der Waals surface area (Å²) in [5, 5.41) is 13.7. The van der Waals surface area contributed by atoms with Crippen LogP contribution in [0.25, 0.3) is 10.1 Å². The highest BCUT2D eigenvalue weighted by atomic mass is 32.1. The Morgan fingerprint density at radius 2 is 1.72 bits per heavy atom. The van der Waals surface area contributed by atoms with Gasteiger partial charge >= 0.3 is 5.97 Å². The zero-order chi connectivity index (χ0) is 33.4. The van der Waals surface area contributed by atoms with Gasteiger partial charge in [0.2, 0.25) is 5.91 Å². The van der Waals surface area contributed by atoms with E-state index in [2.05, 4.69) is 66.3 Å². The van der Waals surface area contributed by atoms with Crippen molar-refractivity contribution in [3.63, 3.8) is 0 Å². The van der Waals surface area contributed by atoms with E-state index in [0.29, 0.717) is 19.4 Å². The molecule has 1 N–H and O–H groups in total. The standard InChI is InChI=1S/C39H55N3O4S/c1-5-6-7-8-9-10-14-31(38(44)45)29(2)42-35-27-30(17-18-33(35)39(3,4)28-37(42)43)46-25-12-11-20-40-21-23-41(24-22-40)34-15-13-16-36-32(34)19-26-47-36/h13,15-19,26-27,29,31H,5-12,14,20-25,28H2,1-4H3,(H,44,45). The Labute approximate surface area is 285 Å². The molecule has 2 aliphatic heterocycles. The molecule has 7 nitrogen and oxygen atoms in total. The van der Waals surface area contributed by atoms with Crippen LogP contribution in [0.2, 0.25) is 0 Å². The predicted molar refractivity (Wildman–Crippen MR) is 195 cm³/mol. The van der Waals surface area contributed by atoms with Crippen molar-refractivity contribution >= 4 is 44.7 Å². The van der Waals surface area contributed by atoms with E-state index in [-0.39, 0.29) is 11.3 Å². The Morgan fingerprint density at radius 1 is 0.957 bits per heavy atom. The summed E-state index contributed by atoms with van der Waals surface area (Å²) in [5.41, 5.74) is 2.92. The van der Waals surface area contributed by atoms with Crippen LogP contribution >= 0.6 is 11.3 Å². The number of carboxylic acid groups (broad SMARTS) is 1. The van der Waals surface area contributed by atoms with Gasteiger partial charge in [0.25, 0.3) is 0 Å². The molecule has 1 fully saturated rings. The molecule has 0 aliphatic carbocycles. The number of anilines is 2. The molecule has 1 aromatic heterocycles. The maximum atomic E-state index is 13.6. The summed E-state index contributed by atoms with van der Waals surface area (Å²) >= 11 is 1.81. The first-order valence-corrected chi connectivity index (χ1v) is 18.8. The van der Waals surface area contributed by atoms with Crippen LogP contribution in [-0.2, 0) is 15.0 Å². The number of ether oxygens (including phenoxy) is 1. The first-order valence-electron chi connectivity index (χ1n) is 18.0. The van der Waals surface area contributed by atoms with Crippen LogP contribution < -0.4 is 14.5 Å². The van der Waals surface area contributed by atoms with E-state index in [1.807, 2.05) is 30.4 Å². The molecule has 47 heavy (non-hydrogen) atoms. The molecule has 5 rings (SSSR count). The van der Waals surface area contributed by atoms with Gasteiger partial charge in [-0.15, -0.1) is 11.3 Å². The van der Waals surface area contributed by atoms with E-state index < -0.39 is 17.9 Å². The second-order valence-corrected chi connectivity index (χ2v) is 15.2. The highest BCUT2D eigenvalue weighted by Gasteiger charge is 2.42. The number of fused-ring (bicyclic) bond motifs is 2. The van der Waals surface area contributed by atoms with Gasteiger partial charge in [-0.1, -0.05) is 71.4 Å². The molecule has 1 amide bonds. The van der Waals surface area contributed by atoms with Crippen LogP contribution in [0.5, 0.6) is 5.75 Å². The summed E-state index contributed by atoms with van der Waals surface area (Å²) in [5.74, 6) is -0.687. The molecule has 2 atom stereocenters. The number of carbonyl (C=O) groups is 2. The first-order chi connectivity index (χ1) is 22.7. The van der Waals surface area contributed by atoms with Crippen LogP contribution in [-0.4, -0.2) is 67.3 Å². The van der Waals surface area contributed by atoms with Crippen molar-refractivity contribution < 1.29 is 19.4 Å². The molecule has 3 heterocycles. The van der Waals surface area contributed by atoms with Gasteiger partial charge in [-0.05, 0) is 67.9 Å². The topological polar surface area (TPSA) is 73.3 Å². The van der Waals surface area contributed by atoms with Crippen molar-refractivity contribution in [2.24, 2.45) is 5.92 Å². The van der Waals surface area contributed by atoms with Crippen molar-refractivity contribution in [3.05, 3.63) is 53.4 Å². The van der Waals surface area contributed by atoms with Gasteiger partial charge in [0.15, 0.2) is 0 Å². The van der Waals surface area contributed by atoms with Gasteiger partial charge in [0, 0.05) is 65.9 Å². The van der Waals surface area contributed by atoms with E-state index >= 15 is 0 Å². The molecular formula is C39H55N3O4S. The third kappa shape index (κ3) is 8.69. The number of hydrogen-bond donors (Lipinski definition) is 1. The largest absolute Gasteiger partial charge is 0.494 e. The fourth-order valence-corrected chi connectivity index (χ4v) is 8.31. The fraction of sp³-hybridized carbons (Fsp3) is 0.590. The molecule has 2 aliphatic rings. The number of benzene rings is 2. The quantitative estimate of drug-likeness (QED) is 0.146. The van der Waals surface area contributed by atoms with Crippen molar-refractivity contribution in [1.82, 2.24) is 4.90 Å². The number of thiophene rings is 1. The smallest absolute Gasteiger partial charge is 0.308 e. The van der Waals surface area contributed by atoms with Crippen LogP contribution in [0, 0.1) is 5.92 Å². The second-order valence-electron chi connectivity index (χ2n) is 14.2. The maximum absolute atomic E-state index is 13.6. The number of piperazine rings is 1. The zero-order valence-electron chi connectivity index (χ0n) is 29.0. The summed E-state index contributed by atoms with van der Waals surface area (Å²) in [6, 6.07) is 14.5. The average molecular weight is 662 g/mol. The van der Waals surface area contributed by atoms with Gasteiger partial charge in [0.05, 0.1) is 18.2 Å². The van der Waals surface area contributed by atoms with Gasteiger partial charge in [-0.2, -0.15) is 0 Å². The third-order valence-corrected chi connectivity index (χ3v) is 11.2. The predicted octanol–water partition coefficient (Wildman–Crippen LogP) is 8.74. The molecule has 0 saturated carbocycles. The Bertz CT molecular complexity index is 1480. The summed E-state index contributed by atoms with van der Waals surface area (Å²) in [6.45, 7) is 14.2. The lowest BCUT2D eigenvalue weighted by Gasteiger charge is -2.43. The number of amides is 1. The molecule has 2 unspecified atom stereocenters. The van der Waals surface area contributed by atoms with Gasteiger partial charge in [-0.25, -0.2) is 0 Å². The lowest BCUT2D eigenvalue weighted by atomic mass is 9.76. The molecule has 1 saturated heterocycles. The summed E-state index contributed by atoms with van der Waals surface area (Å²) in [7, 11) is 0. The number of hydrogen-bond acceptors (Lipinski definition) is 6. The van der Waals surface area contributed by atoms with E-state index in [1.54, 1.807) is 4.90 Å². The van der Waals surface area contributed by atoms with Crippen LogP contribution in [0.3, 0.4) is 0 Å². The molecule has 3 aromatic rings. The highest BCUT2D eigenvalue weighted by molar-refractivity contribution is 7.17. The molecule has 2 aromatic carbocycles. The van der Waals surface area contributed by atoms with Crippen LogP contribution in [0.15, 0.2) is 47.8 Å². The van der Waals surface area contributed by atoms with Crippen molar-refractivity contribution in [3.8, 4) is 5.75 Å². The third-order valence-electron chi connectivity index (χ3n) is 10.3. The summed E-state index contributed by atoms with van der Waals surface area (Å²) < 4.78 is 7.60. The van der Waals surface area contributed by atoms with Crippen LogP contribution in [0.1, 0.15) is 97.5 Å². The SMILES string of the molecule is CCCCCCCCC(C(=O)O)C(C)N1C(=O)CC(C)(C)c2ccc(OCCCCN3CCN(c4cccc5sccc45)CC3)cc21. The lowest BCUT2D eigenvalue weighted by Crippen LogP contribution is -2.50. The number of unbranched alkanes of at least 4 members (excludes halogenated alkanes) is 6. The van der Waals surface area contributed by atoms with Gasteiger partial charge in [-0.3, -0.25) is 14.5 Å². The minimum atomic E-state index is -0.820. The Morgan fingerprint density at radius 3 is 2.49 bits per heavy atom. The van der Waals surface area contributed by atoms with E-state index in [0.717, 1.165) is 81.8 Å². The molecule has 0 radical (unpaired) electrons. The normalized spacial score (nSPS) is 17.9. The second kappa shape index (κ2) is 16.3. The Kier molecular flexibility index (Phi) is 12.2. The van der Waals surface area contributed by atoms with Gasteiger partial charge < -0.3 is 19.6 Å². The summed E-state index contributed by atoms with van der Waals surface area (Å²) in [4.78, 5) is 32.9. The van der Waals surface area contributed by atoms with E-state index in [4.69, 9.17) is 4.74 Å². The number of carboxylic acids is 1. The average Bonchev–Trinajstić information content (AvgIpc) is 3.53. The summed E-state index contributed by atoms with van der Waals surface area (Å²) in [6.07, 6.45) is 9.64. The monoisotopic (exact) mass is 661 g/mol. The Balaban J connectivity index is 1.13. The molecule has 256 valence electrons. The maximum Gasteiger partial charge on any atom is 0.308 e. The minimum Gasteiger partial charge on any atom is -0.494 e. The van der Waals surface area contributed by atoms with E-state index in [1.165, 1.54) is 35.0 Å². The number of carbonyl (C=O) groups excluding carboxylic acids is 1. The minimum absolute atomic E-state index is 0.00607. The van der Waals surface area contributed by atoms with Crippen molar-refractivity contribution in [2.75, 3.05) is 49.1 Å². The first kappa shape index (κ1) is 35.2.